The summed E-state index contributed by atoms with van der Waals surface area (Å²) >= 11 is 0. The minimum atomic E-state index is -3.47. The number of nitrogens with one attached hydrogen (secondary N) is 1. The summed E-state index contributed by atoms with van der Waals surface area (Å²) < 4.78 is 26.2. The maximum absolute atomic E-state index is 12.3. The molecule has 0 aromatic carbocycles. The van der Waals surface area contributed by atoms with Crippen LogP contribution in [0.1, 0.15) is 32.1 Å². The minimum absolute atomic E-state index is 0.0954. The number of H-pyrrole nitrogens is 1. The number of hydrogen-bond donors (Lipinski definition) is 2. The molecular formula is C10H18N4O2S. The highest BCUT2D eigenvalue weighted by Gasteiger charge is 2.27. The van der Waals surface area contributed by atoms with E-state index in [9.17, 15) is 8.42 Å². The number of rotatable bonds is 2. The molecule has 0 radical (unpaired) electrons. The van der Waals surface area contributed by atoms with Crippen molar-refractivity contribution in [1.29, 1.82) is 0 Å². The Hall–Kier alpha value is -1.08. The number of aromatic amines is 1. The molecule has 1 aliphatic heterocycles. The molecule has 1 fully saturated rings. The van der Waals surface area contributed by atoms with E-state index in [0.717, 1.165) is 25.7 Å². The minimum Gasteiger partial charge on any atom is -0.383 e. The van der Waals surface area contributed by atoms with Crippen molar-refractivity contribution in [2.45, 2.75) is 37.0 Å². The van der Waals surface area contributed by atoms with Crippen LogP contribution in [-0.4, -0.2) is 36.0 Å². The van der Waals surface area contributed by atoms with Crippen LogP contribution in [0.2, 0.25) is 0 Å². The van der Waals surface area contributed by atoms with E-state index >= 15 is 0 Å². The summed E-state index contributed by atoms with van der Waals surface area (Å²) in [7, 11) is -3.47. The van der Waals surface area contributed by atoms with Gasteiger partial charge in [-0.15, -0.1) is 0 Å². The first kappa shape index (κ1) is 12.4. The lowest BCUT2D eigenvalue weighted by molar-refractivity contribution is 0.364. The van der Waals surface area contributed by atoms with Crippen LogP contribution in [-0.2, 0) is 10.0 Å². The van der Waals surface area contributed by atoms with Crippen molar-refractivity contribution in [3.8, 4) is 0 Å². The van der Waals surface area contributed by atoms with Crippen LogP contribution >= 0.6 is 0 Å². The summed E-state index contributed by atoms with van der Waals surface area (Å²) in [6, 6.07) is 0. The predicted molar refractivity (Wildman–Crippen MR) is 64.8 cm³/mol. The summed E-state index contributed by atoms with van der Waals surface area (Å²) in [5, 5.41) is 6.13. The van der Waals surface area contributed by atoms with Gasteiger partial charge in [0.1, 0.15) is 10.7 Å². The number of aromatic nitrogens is 2. The molecule has 1 aliphatic rings. The van der Waals surface area contributed by atoms with E-state index in [-0.39, 0.29) is 10.7 Å². The van der Waals surface area contributed by atoms with Gasteiger partial charge in [0.15, 0.2) is 0 Å². The highest BCUT2D eigenvalue weighted by atomic mass is 32.2. The zero-order valence-corrected chi connectivity index (χ0v) is 10.5. The third-order valence-corrected chi connectivity index (χ3v) is 4.99. The zero-order valence-electron chi connectivity index (χ0n) is 9.72. The van der Waals surface area contributed by atoms with Crippen molar-refractivity contribution in [2.75, 3.05) is 18.8 Å². The lowest BCUT2D eigenvalue weighted by Crippen LogP contribution is -2.34. The van der Waals surface area contributed by atoms with Gasteiger partial charge in [0, 0.05) is 13.1 Å². The molecule has 3 N–H and O–H groups in total. The standard InChI is InChI=1S/C10H18N4O2S/c11-10-9(8-12-13-10)17(15,16)14-6-4-2-1-3-5-7-14/h8H,1-7H2,(H3,11,12,13). The van der Waals surface area contributed by atoms with Gasteiger partial charge in [-0.25, -0.2) is 8.42 Å². The van der Waals surface area contributed by atoms with Crippen LogP contribution < -0.4 is 5.73 Å². The number of nitrogens with two attached hydrogens (primary N) is 1. The molecule has 2 heterocycles. The molecule has 0 amide bonds. The molecule has 0 spiro atoms. The SMILES string of the molecule is Nc1[nH]ncc1S(=O)(=O)N1CCCCCCC1. The molecule has 96 valence electrons. The average Bonchev–Trinajstić information content (AvgIpc) is 2.63. The monoisotopic (exact) mass is 258 g/mol. The van der Waals surface area contributed by atoms with Gasteiger partial charge in [0.2, 0.25) is 10.0 Å². The van der Waals surface area contributed by atoms with Gasteiger partial charge in [0.25, 0.3) is 0 Å². The second kappa shape index (κ2) is 5.05. The van der Waals surface area contributed by atoms with Gasteiger partial charge < -0.3 is 5.73 Å². The largest absolute Gasteiger partial charge is 0.383 e. The second-order valence-corrected chi connectivity index (χ2v) is 6.23. The van der Waals surface area contributed by atoms with Gasteiger partial charge in [-0.2, -0.15) is 9.40 Å². The van der Waals surface area contributed by atoms with E-state index in [1.54, 1.807) is 0 Å². The van der Waals surface area contributed by atoms with Crippen LogP contribution in [0.25, 0.3) is 0 Å². The van der Waals surface area contributed by atoms with Gasteiger partial charge in [-0.1, -0.05) is 19.3 Å². The van der Waals surface area contributed by atoms with E-state index in [0.29, 0.717) is 13.1 Å². The Balaban J connectivity index is 2.22. The van der Waals surface area contributed by atoms with E-state index < -0.39 is 10.0 Å². The fourth-order valence-corrected chi connectivity index (χ4v) is 3.62. The summed E-state index contributed by atoms with van der Waals surface area (Å²) in [5.41, 5.74) is 5.58. The second-order valence-electron chi connectivity index (χ2n) is 4.32. The molecule has 17 heavy (non-hydrogen) atoms. The summed E-state index contributed by atoms with van der Waals surface area (Å²) in [6.07, 6.45) is 6.49. The molecule has 1 aromatic rings. The molecule has 0 atom stereocenters. The number of nitrogens with zero attached hydrogens (tertiary/aromatic N) is 2. The lowest BCUT2D eigenvalue weighted by atomic mass is 10.1. The van der Waals surface area contributed by atoms with Crippen molar-refractivity contribution in [2.24, 2.45) is 0 Å². The third-order valence-electron chi connectivity index (χ3n) is 3.07. The maximum atomic E-state index is 12.3. The molecule has 0 bridgehead atoms. The fourth-order valence-electron chi connectivity index (χ4n) is 2.09. The Morgan fingerprint density at radius 1 is 1.18 bits per heavy atom. The van der Waals surface area contributed by atoms with Crippen molar-refractivity contribution in [3.05, 3.63) is 6.20 Å². The van der Waals surface area contributed by atoms with Crippen molar-refractivity contribution >= 4 is 15.8 Å². The Bertz CT molecular complexity index is 460. The van der Waals surface area contributed by atoms with Gasteiger partial charge in [-0.05, 0) is 12.8 Å². The molecule has 0 saturated carbocycles. The molecule has 1 saturated heterocycles. The number of sulfonamides is 1. The number of hydrogen-bond acceptors (Lipinski definition) is 4. The fraction of sp³-hybridized carbons (Fsp3) is 0.700. The Morgan fingerprint density at radius 2 is 1.76 bits per heavy atom. The number of nitrogen functional groups attached to an aromatic ring is 1. The molecule has 6 nitrogen and oxygen atoms in total. The lowest BCUT2D eigenvalue weighted by Gasteiger charge is -2.23. The van der Waals surface area contributed by atoms with Crippen LogP contribution in [0, 0.1) is 0 Å². The van der Waals surface area contributed by atoms with Crippen LogP contribution in [0.15, 0.2) is 11.1 Å². The van der Waals surface area contributed by atoms with Gasteiger partial charge in [0.05, 0.1) is 6.20 Å². The van der Waals surface area contributed by atoms with Gasteiger partial charge >= 0.3 is 0 Å². The molecule has 1 aromatic heterocycles. The topological polar surface area (TPSA) is 92.1 Å². The molecule has 0 aliphatic carbocycles. The number of anilines is 1. The Morgan fingerprint density at radius 3 is 2.29 bits per heavy atom. The van der Waals surface area contributed by atoms with Crippen LogP contribution in [0.3, 0.4) is 0 Å². The van der Waals surface area contributed by atoms with E-state index in [2.05, 4.69) is 10.2 Å². The van der Waals surface area contributed by atoms with Crippen molar-refractivity contribution in [1.82, 2.24) is 14.5 Å². The Labute approximate surface area is 101 Å². The van der Waals surface area contributed by atoms with Crippen molar-refractivity contribution < 1.29 is 8.42 Å². The molecule has 0 unspecified atom stereocenters. The normalized spacial score (nSPS) is 19.8. The molecule has 7 heteroatoms. The smallest absolute Gasteiger partial charge is 0.248 e. The van der Waals surface area contributed by atoms with Crippen LogP contribution in [0.5, 0.6) is 0 Å². The highest BCUT2D eigenvalue weighted by Crippen LogP contribution is 2.22. The van der Waals surface area contributed by atoms with E-state index in [1.165, 1.54) is 16.9 Å². The Kier molecular flexibility index (Phi) is 3.68. The highest BCUT2D eigenvalue weighted by molar-refractivity contribution is 7.89. The van der Waals surface area contributed by atoms with E-state index in [4.69, 9.17) is 5.73 Å². The first-order valence-corrected chi connectivity index (χ1v) is 7.35. The van der Waals surface area contributed by atoms with E-state index in [1.807, 2.05) is 0 Å². The molecule has 2 rings (SSSR count). The zero-order chi connectivity index (χ0) is 12.3. The summed E-state index contributed by atoms with van der Waals surface area (Å²) in [6.45, 7) is 1.15. The predicted octanol–water partition coefficient (Wildman–Crippen LogP) is 0.947. The maximum Gasteiger partial charge on any atom is 0.248 e. The first-order valence-electron chi connectivity index (χ1n) is 5.91. The third kappa shape index (κ3) is 2.61. The van der Waals surface area contributed by atoms with Gasteiger partial charge in [-0.3, -0.25) is 5.10 Å². The average molecular weight is 258 g/mol. The molecular weight excluding hydrogens is 240 g/mol. The quantitative estimate of drug-likeness (QED) is 0.826. The summed E-state index contributed by atoms with van der Waals surface area (Å²) in [5.74, 6) is 0.118. The summed E-state index contributed by atoms with van der Waals surface area (Å²) in [4.78, 5) is 0.0954. The van der Waals surface area contributed by atoms with Crippen molar-refractivity contribution in [3.63, 3.8) is 0 Å². The van der Waals surface area contributed by atoms with Crippen LogP contribution in [0.4, 0.5) is 5.82 Å². The first-order chi connectivity index (χ1) is 8.12.